The predicted molar refractivity (Wildman–Crippen MR) is 89.3 cm³/mol. The molecule has 0 bridgehead atoms. The van der Waals surface area contributed by atoms with Crippen molar-refractivity contribution in [2.45, 2.75) is 13.0 Å². The van der Waals surface area contributed by atoms with E-state index in [9.17, 15) is 4.79 Å². The Bertz CT molecular complexity index is 579. The van der Waals surface area contributed by atoms with E-state index in [1.807, 2.05) is 6.92 Å². The lowest BCUT2D eigenvalue weighted by atomic mass is 10.2. The van der Waals surface area contributed by atoms with E-state index in [0.717, 1.165) is 32.0 Å². The second-order valence-electron chi connectivity index (χ2n) is 5.08. The summed E-state index contributed by atoms with van der Waals surface area (Å²) in [6.45, 7) is 5.15. The number of rotatable bonds is 4. The number of amides is 1. The second kappa shape index (κ2) is 7.68. The summed E-state index contributed by atoms with van der Waals surface area (Å²) in [4.78, 5) is 20.4. The fraction of sp³-hybridized carbons (Fsp3) is 0.467. The van der Waals surface area contributed by atoms with Crippen molar-refractivity contribution in [3.63, 3.8) is 0 Å². The number of pyridine rings is 1. The number of halogens is 2. The van der Waals surface area contributed by atoms with Crippen LogP contribution in [-0.4, -0.2) is 54.6 Å². The maximum atomic E-state index is 11.9. The number of hydrogen-bond acceptors (Lipinski definition) is 4. The molecule has 1 aromatic rings. The van der Waals surface area contributed by atoms with E-state index in [1.165, 1.54) is 0 Å². The first kappa shape index (κ1) is 16.9. The molecule has 1 aromatic heterocycles. The molecule has 7 heteroatoms. The van der Waals surface area contributed by atoms with Crippen LogP contribution in [0.1, 0.15) is 6.92 Å². The first-order valence-corrected chi connectivity index (χ1v) is 7.79. The van der Waals surface area contributed by atoms with Gasteiger partial charge in [-0.3, -0.25) is 9.69 Å². The van der Waals surface area contributed by atoms with Crippen molar-refractivity contribution in [3.05, 3.63) is 22.3 Å². The monoisotopic (exact) mass is 340 g/mol. The molecule has 1 amide bonds. The average Bonchev–Trinajstić information content (AvgIpc) is 2.52. The number of aromatic nitrogens is 1. The standard InChI is InChI=1S/C15H18Cl2N4O/c1-3-4-18-15(22)11(2)20-5-7-21(8-6-20)14-13(17)9-12(16)10-19-14/h1,9-11H,4-8H2,2H3,(H,18,22). The van der Waals surface area contributed by atoms with Crippen LogP contribution in [0.5, 0.6) is 0 Å². The lowest BCUT2D eigenvalue weighted by Crippen LogP contribution is -2.54. The quantitative estimate of drug-likeness (QED) is 0.846. The highest BCUT2D eigenvalue weighted by atomic mass is 35.5. The number of nitrogens with zero attached hydrogens (tertiary/aromatic N) is 3. The van der Waals surface area contributed by atoms with Gasteiger partial charge in [0.2, 0.25) is 5.91 Å². The zero-order chi connectivity index (χ0) is 16.1. The van der Waals surface area contributed by atoms with E-state index in [1.54, 1.807) is 12.3 Å². The molecule has 1 atom stereocenters. The summed E-state index contributed by atoms with van der Waals surface area (Å²) in [5, 5.41) is 3.77. The van der Waals surface area contributed by atoms with Crippen LogP contribution in [0, 0.1) is 12.3 Å². The van der Waals surface area contributed by atoms with Gasteiger partial charge in [0, 0.05) is 32.4 Å². The van der Waals surface area contributed by atoms with Crippen molar-refractivity contribution in [2.75, 3.05) is 37.6 Å². The second-order valence-corrected chi connectivity index (χ2v) is 5.92. The third-order valence-corrected chi connectivity index (χ3v) is 4.18. The van der Waals surface area contributed by atoms with Crippen LogP contribution in [-0.2, 0) is 4.79 Å². The van der Waals surface area contributed by atoms with Gasteiger partial charge in [-0.1, -0.05) is 29.1 Å². The van der Waals surface area contributed by atoms with Crippen LogP contribution in [0.25, 0.3) is 0 Å². The number of hydrogen-bond donors (Lipinski definition) is 1. The van der Waals surface area contributed by atoms with Crippen LogP contribution in [0.2, 0.25) is 10.0 Å². The largest absolute Gasteiger partial charge is 0.353 e. The molecule has 1 unspecified atom stereocenters. The molecule has 1 saturated heterocycles. The van der Waals surface area contributed by atoms with Gasteiger partial charge in [0.15, 0.2) is 0 Å². The van der Waals surface area contributed by atoms with E-state index in [4.69, 9.17) is 29.6 Å². The van der Waals surface area contributed by atoms with E-state index in [2.05, 4.69) is 26.0 Å². The molecule has 5 nitrogen and oxygen atoms in total. The Balaban J connectivity index is 1.92. The summed E-state index contributed by atoms with van der Waals surface area (Å²) in [7, 11) is 0. The minimum absolute atomic E-state index is 0.0472. The molecular weight excluding hydrogens is 323 g/mol. The third kappa shape index (κ3) is 4.04. The summed E-state index contributed by atoms with van der Waals surface area (Å²) in [5.41, 5.74) is 0. The molecule has 22 heavy (non-hydrogen) atoms. The van der Waals surface area contributed by atoms with Gasteiger partial charge in [-0.15, -0.1) is 6.42 Å². The lowest BCUT2D eigenvalue weighted by molar-refractivity contribution is -0.125. The Morgan fingerprint density at radius 3 is 2.73 bits per heavy atom. The molecule has 1 N–H and O–H groups in total. The Morgan fingerprint density at radius 1 is 1.45 bits per heavy atom. The highest BCUT2D eigenvalue weighted by Gasteiger charge is 2.26. The van der Waals surface area contributed by atoms with Crippen molar-refractivity contribution in [2.24, 2.45) is 0 Å². The van der Waals surface area contributed by atoms with Crippen molar-refractivity contribution >= 4 is 34.9 Å². The van der Waals surface area contributed by atoms with E-state index >= 15 is 0 Å². The van der Waals surface area contributed by atoms with Gasteiger partial charge >= 0.3 is 0 Å². The van der Waals surface area contributed by atoms with E-state index in [-0.39, 0.29) is 18.5 Å². The molecule has 0 saturated carbocycles. The summed E-state index contributed by atoms with van der Waals surface area (Å²) >= 11 is 12.0. The molecule has 1 aliphatic rings. The molecule has 0 radical (unpaired) electrons. The number of piperazine rings is 1. The Morgan fingerprint density at radius 2 is 2.14 bits per heavy atom. The van der Waals surface area contributed by atoms with Crippen LogP contribution in [0.15, 0.2) is 12.3 Å². The highest BCUT2D eigenvalue weighted by molar-refractivity contribution is 6.36. The molecule has 0 aromatic carbocycles. The first-order valence-electron chi connectivity index (χ1n) is 7.04. The van der Waals surface area contributed by atoms with Crippen LogP contribution in [0.4, 0.5) is 5.82 Å². The SMILES string of the molecule is C#CCNC(=O)C(C)N1CCN(c2ncc(Cl)cc2Cl)CC1. The Labute approximate surface area is 140 Å². The summed E-state index contributed by atoms with van der Waals surface area (Å²) in [5.74, 6) is 3.09. The Hall–Kier alpha value is -1.48. The number of terminal acetylenes is 1. The minimum Gasteiger partial charge on any atom is -0.353 e. The molecule has 2 rings (SSSR count). The number of carbonyl (C=O) groups is 1. The smallest absolute Gasteiger partial charge is 0.237 e. The van der Waals surface area contributed by atoms with Gasteiger partial charge in [0.25, 0.3) is 0 Å². The molecule has 118 valence electrons. The molecule has 1 fully saturated rings. The lowest BCUT2D eigenvalue weighted by Gasteiger charge is -2.38. The molecule has 0 aliphatic carbocycles. The normalized spacial score (nSPS) is 16.9. The van der Waals surface area contributed by atoms with Crippen molar-refractivity contribution < 1.29 is 4.79 Å². The van der Waals surface area contributed by atoms with Crippen LogP contribution in [0.3, 0.4) is 0 Å². The van der Waals surface area contributed by atoms with Crippen molar-refractivity contribution in [1.82, 2.24) is 15.2 Å². The number of carbonyl (C=O) groups excluding carboxylic acids is 1. The topological polar surface area (TPSA) is 48.5 Å². The van der Waals surface area contributed by atoms with Gasteiger partial charge in [-0.2, -0.15) is 0 Å². The first-order chi connectivity index (χ1) is 10.5. The Kier molecular flexibility index (Phi) is 5.90. The van der Waals surface area contributed by atoms with Gasteiger partial charge in [-0.25, -0.2) is 4.98 Å². The van der Waals surface area contributed by atoms with Gasteiger partial charge in [0.05, 0.1) is 22.6 Å². The maximum absolute atomic E-state index is 11.9. The highest BCUT2D eigenvalue weighted by Crippen LogP contribution is 2.26. The van der Waals surface area contributed by atoms with Gasteiger partial charge in [-0.05, 0) is 13.0 Å². The predicted octanol–water partition coefficient (Wildman–Crippen LogP) is 1.65. The van der Waals surface area contributed by atoms with Crippen molar-refractivity contribution in [3.8, 4) is 12.3 Å². The van der Waals surface area contributed by atoms with Gasteiger partial charge < -0.3 is 10.2 Å². The molecule has 0 spiro atoms. The van der Waals surface area contributed by atoms with Crippen molar-refractivity contribution in [1.29, 1.82) is 0 Å². The number of nitrogens with one attached hydrogen (secondary N) is 1. The average molecular weight is 341 g/mol. The zero-order valence-corrected chi connectivity index (χ0v) is 13.9. The summed E-state index contributed by atoms with van der Waals surface area (Å²) < 4.78 is 0. The summed E-state index contributed by atoms with van der Waals surface area (Å²) in [6, 6.07) is 1.48. The van der Waals surface area contributed by atoms with Crippen LogP contribution < -0.4 is 10.2 Å². The zero-order valence-electron chi connectivity index (χ0n) is 12.4. The fourth-order valence-electron chi connectivity index (χ4n) is 2.41. The number of anilines is 1. The van der Waals surface area contributed by atoms with Gasteiger partial charge in [0.1, 0.15) is 5.82 Å². The van der Waals surface area contributed by atoms with E-state index in [0.29, 0.717) is 10.0 Å². The van der Waals surface area contributed by atoms with E-state index < -0.39 is 0 Å². The third-order valence-electron chi connectivity index (χ3n) is 3.69. The molecule has 2 heterocycles. The molecular formula is C15H18Cl2N4O. The fourth-order valence-corrected chi connectivity index (χ4v) is 2.91. The minimum atomic E-state index is -0.204. The summed E-state index contributed by atoms with van der Waals surface area (Å²) in [6.07, 6.45) is 6.74. The maximum Gasteiger partial charge on any atom is 0.237 e. The molecule has 1 aliphatic heterocycles. The van der Waals surface area contributed by atoms with Crippen LogP contribution >= 0.6 is 23.2 Å².